The molecule has 0 spiro atoms. The molecule has 0 aliphatic carbocycles. The van der Waals surface area contributed by atoms with Crippen LogP contribution >= 0.6 is 11.6 Å². The number of imidazole rings is 2. The van der Waals surface area contributed by atoms with Crippen LogP contribution in [-0.4, -0.2) is 118 Å². The highest BCUT2D eigenvalue weighted by molar-refractivity contribution is 6.58. The van der Waals surface area contributed by atoms with Gasteiger partial charge in [0.25, 0.3) is 0 Å². The van der Waals surface area contributed by atoms with Crippen LogP contribution in [0.1, 0.15) is 11.1 Å². The minimum absolute atomic E-state index is 0.0525. The van der Waals surface area contributed by atoms with E-state index in [1.165, 1.54) is 0 Å². The van der Waals surface area contributed by atoms with E-state index in [-0.39, 0.29) is 18.5 Å². The van der Waals surface area contributed by atoms with Crippen molar-refractivity contribution in [2.75, 3.05) is 53.3 Å². The highest BCUT2D eigenvalue weighted by atomic mass is 35.5. The normalized spacial score (nSPS) is 10.7. The van der Waals surface area contributed by atoms with Gasteiger partial charge in [-0.15, -0.1) is 10.2 Å². The van der Waals surface area contributed by atoms with Gasteiger partial charge in [-0.05, 0) is 58.5 Å². The van der Waals surface area contributed by atoms with E-state index in [0.717, 1.165) is 33.5 Å². The lowest BCUT2D eigenvalue weighted by atomic mass is 9.80. The molecule has 0 aliphatic heterocycles. The van der Waals surface area contributed by atoms with Crippen molar-refractivity contribution in [2.45, 2.75) is 13.2 Å². The summed E-state index contributed by atoms with van der Waals surface area (Å²) in [6.45, 7) is -0.135. The van der Waals surface area contributed by atoms with E-state index in [9.17, 15) is 5.11 Å². The summed E-state index contributed by atoms with van der Waals surface area (Å²) in [5.74, 6) is 6.11. The molecule has 22 nitrogen and oxygen atoms in total. The van der Waals surface area contributed by atoms with Gasteiger partial charge in [-0.25, -0.2) is 24.0 Å². The molecule has 10 aromatic rings. The van der Waals surface area contributed by atoms with E-state index in [2.05, 4.69) is 35.8 Å². The molecular weight excluding hydrogens is 975 g/mol. The number of nitrogens with zero attached hydrogens (tertiary/aromatic N) is 10. The van der Waals surface area contributed by atoms with Crippen molar-refractivity contribution >= 4 is 58.5 Å². The predicted molar refractivity (Wildman–Crippen MR) is 278 cm³/mol. The lowest BCUT2D eigenvalue weighted by molar-refractivity contribution is 0.281. The SMILES string of the molecule is COc1cc(-n2cnc(Nc3nc(-c4cccc(CO)c4)nn4cccc34)c2)cc(OC)c1OC.COc1cc(-n2cnc(Nc3nc(Cl)nn4cccc34)c2)cc(OC)c1OC.OCc1cccc(B(O)O)c1. The van der Waals surface area contributed by atoms with Gasteiger partial charge in [-0.2, -0.15) is 4.98 Å². The Labute approximate surface area is 428 Å². The Morgan fingerprint density at radius 2 is 1.03 bits per heavy atom. The van der Waals surface area contributed by atoms with Crippen LogP contribution in [0.5, 0.6) is 34.5 Å². The minimum atomic E-state index is -1.46. The minimum Gasteiger partial charge on any atom is -0.493 e. The van der Waals surface area contributed by atoms with Crippen LogP contribution in [0.2, 0.25) is 5.28 Å². The Balaban J connectivity index is 0.000000166. The zero-order valence-corrected chi connectivity index (χ0v) is 41.5. The van der Waals surface area contributed by atoms with Crippen LogP contribution in [0, 0.1) is 0 Å². The van der Waals surface area contributed by atoms with Gasteiger partial charge in [0, 0.05) is 42.2 Å². The number of halogens is 1. The van der Waals surface area contributed by atoms with E-state index in [0.29, 0.717) is 74.6 Å². The fourth-order valence-electron chi connectivity index (χ4n) is 7.54. The third-order valence-corrected chi connectivity index (χ3v) is 11.3. The summed E-state index contributed by atoms with van der Waals surface area (Å²) in [5, 5.41) is 50.9. The zero-order chi connectivity index (χ0) is 52.3. The highest BCUT2D eigenvalue weighted by Gasteiger charge is 2.18. The first-order chi connectivity index (χ1) is 36.0. The van der Waals surface area contributed by atoms with E-state index in [1.807, 2.05) is 101 Å². The molecular formula is C50H50BClN12O10. The van der Waals surface area contributed by atoms with Gasteiger partial charge >= 0.3 is 7.12 Å². The molecule has 6 aromatic heterocycles. The van der Waals surface area contributed by atoms with Gasteiger partial charge < -0.3 is 68.5 Å². The molecule has 24 heteroatoms. The zero-order valence-electron chi connectivity index (χ0n) is 40.8. The first kappa shape index (κ1) is 51.5. The second-order valence-corrected chi connectivity index (χ2v) is 16.0. The lowest BCUT2D eigenvalue weighted by Crippen LogP contribution is -2.29. The molecule has 0 aliphatic rings. The van der Waals surface area contributed by atoms with Crippen molar-refractivity contribution in [3.05, 3.63) is 151 Å². The smallest absolute Gasteiger partial charge is 0.488 e. The van der Waals surface area contributed by atoms with Gasteiger partial charge in [0.2, 0.25) is 16.8 Å². The quantitative estimate of drug-likeness (QED) is 0.0603. The summed E-state index contributed by atoms with van der Waals surface area (Å²) in [4.78, 5) is 17.9. The molecule has 0 saturated heterocycles. The van der Waals surface area contributed by atoms with E-state index >= 15 is 0 Å². The van der Waals surface area contributed by atoms with Gasteiger partial charge in [-0.1, -0.05) is 42.5 Å². The summed E-state index contributed by atoms with van der Waals surface area (Å²) < 4.78 is 39.6. The molecule has 6 N–H and O–H groups in total. The number of methoxy groups -OCH3 is 6. The molecule has 0 saturated carbocycles. The summed E-state index contributed by atoms with van der Waals surface area (Å²) in [7, 11) is 7.97. The average Bonchev–Trinajstić information content (AvgIpc) is 4.29. The van der Waals surface area contributed by atoms with E-state index in [1.54, 1.807) is 94.8 Å². The average molecular weight is 1030 g/mol. The molecule has 0 unspecified atom stereocenters. The fraction of sp³-hybridized carbons (Fsp3) is 0.160. The fourth-order valence-corrected chi connectivity index (χ4v) is 7.71. The van der Waals surface area contributed by atoms with Gasteiger partial charge in [-0.3, -0.25) is 0 Å². The van der Waals surface area contributed by atoms with E-state index in [4.69, 9.17) is 60.2 Å². The standard InChI is InChI=1S/C25H24N6O4.C18H17ClN6O3.C7H9BO3/c1-33-20-11-18(12-21(34-2)23(20)35-3)30-13-22(26-15-30)27-25-19-8-5-9-31(19)29-24(28-25)17-7-4-6-16(10-17)14-32;1-26-13-7-11(8-14(27-2)16(13)28-3)24-9-15(20-10-24)21-17-12-5-4-6-25(12)23-18(19)22-17;9-5-6-2-1-3-7(4-6)8(10)11/h4-13,15,32H,14H2,1-3H3,(H,27,28,29);4-10H,1-3H3,(H,21,22,23);1-4,9-11H,5H2. The van der Waals surface area contributed by atoms with Crippen molar-refractivity contribution in [1.82, 2.24) is 48.3 Å². The maximum absolute atomic E-state index is 9.50. The Morgan fingerprint density at radius 1 is 0.554 bits per heavy atom. The van der Waals surface area contributed by atoms with Crippen molar-refractivity contribution < 1.29 is 48.7 Å². The van der Waals surface area contributed by atoms with Crippen LogP contribution in [0.4, 0.5) is 23.3 Å². The maximum Gasteiger partial charge on any atom is 0.488 e. The Morgan fingerprint density at radius 3 is 1.50 bits per heavy atom. The molecule has 0 bridgehead atoms. The molecule has 10 rings (SSSR count). The van der Waals surface area contributed by atoms with Crippen molar-refractivity contribution in [3.8, 4) is 57.3 Å². The summed E-state index contributed by atoms with van der Waals surface area (Å²) in [5.41, 5.74) is 5.84. The number of aromatic nitrogens is 10. The summed E-state index contributed by atoms with van der Waals surface area (Å²) in [6, 6.07) is 28.9. The highest BCUT2D eigenvalue weighted by Crippen LogP contribution is 2.41. The van der Waals surface area contributed by atoms with Gasteiger partial charge in [0.15, 0.2) is 40.5 Å². The number of anilines is 4. The molecule has 0 atom stereocenters. The number of benzene rings is 4. The Hall–Kier alpha value is -8.87. The Bertz CT molecular complexity index is 3460. The molecule has 0 fully saturated rings. The van der Waals surface area contributed by atoms with Gasteiger partial charge in [0.05, 0.1) is 79.6 Å². The van der Waals surface area contributed by atoms with Gasteiger partial charge in [0.1, 0.15) is 35.3 Å². The summed E-state index contributed by atoms with van der Waals surface area (Å²) >= 11 is 6.00. The largest absolute Gasteiger partial charge is 0.493 e. The number of aliphatic hydroxyl groups is 2. The lowest BCUT2D eigenvalue weighted by Gasteiger charge is -2.14. The number of hydrogen-bond donors (Lipinski definition) is 6. The number of fused-ring (bicyclic) bond motifs is 2. The molecule has 6 heterocycles. The third-order valence-electron chi connectivity index (χ3n) is 11.1. The molecule has 0 amide bonds. The molecule has 4 aromatic carbocycles. The van der Waals surface area contributed by atoms with Crippen LogP contribution < -0.4 is 44.5 Å². The number of hydrogen-bond acceptors (Lipinski definition) is 18. The predicted octanol–water partition coefficient (Wildman–Crippen LogP) is 6.04. The first-order valence-corrected chi connectivity index (χ1v) is 22.7. The maximum atomic E-state index is 9.50. The van der Waals surface area contributed by atoms with Crippen molar-refractivity contribution in [1.29, 1.82) is 0 Å². The number of nitrogens with one attached hydrogen (secondary N) is 2. The third kappa shape index (κ3) is 11.6. The Kier molecular flexibility index (Phi) is 16.4. The first-order valence-electron chi connectivity index (χ1n) is 22.3. The second-order valence-electron chi connectivity index (χ2n) is 15.7. The number of ether oxygens (including phenoxy) is 6. The summed E-state index contributed by atoms with van der Waals surface area (Å²) in [6.07, 6.45) is 10.7. The molecule has 0 radical (unpaired) electrons. The second kappa shape index (κ2) is 23.6. The van der Waals surface area contributed by atoms with Crippen LogP contribution in [0.25, 0.3) is 33.8 Å². The number of rotatable bonds is 16. The van der Waals surface area contributed by atoms with Crippen LogP contribution in [0.15, 0.2) is 135 Å². The van der Waals surface area contributed by atoms with Crippen LogP contribution in [-0.2, 0) is 13.2 Å². The monoisotopic (exact) mass is 1020 g/mol. The molecule has 74 heavy (non-hydrogen) atoms. The topological polar surface area (TPSA) is 256 Å². The van der Waals surface area contributed by atoms with Crippen molar-refractivity contribution in [3.63, 3.8) is 0 Å². The van der Waals surface area contributed by atoms with Crippen LogP contribution in [0.3, 0.4) is 0 Å². The van der Waals surface area contributed by atoms with Crippen molar-refractivity contribution in [2.24, 2.45) is 0 Å². The molecule has 380 valence electrons. The van der Waals surface area contributed by atoms with E-state index < -0.39 is 7.12 Å². The number of aliphatic hydroxyl groups excluding tert-OH is 2.